The van der Waals surface area contributed by atoms with E-state index in [4.69, 9.17) is 11.6 Å². The van der Waals surface area contributed by atoms with Gasteiger partial charge in [-0.1, -0.05) is 18.7 Å². The normalized spacial score (nSPS) is 13.2. The van der Waals surface area contributed by atoms with E-state index in [1.165, 1.54) is 0 Å². The molecule has 0 radical (unpaired) electrons. The SMILES string of the molecule is CC(CCCl)Sc1nnnn1C. The van der Waals surface area contributed by atoms with Gasteiger partial charge in [-0.15, -0.1) is 16.7 Å². The minimum atomic E-state index is 0.465. The predicted octanol–water partition coefficient (Wildman–Crippen LogP) is 1.32. The van der Waals surface area contributed by atoms with Crippen LogP contribution in [0.25, 0.3) is 0 Å². The Morgan fingerprint density at radius 3 is 2.92 bits per heavy atom. The van der Waals surface area contributed by atoms with Gasteiger partial charge in [-0.05, 0) is 16.8 Å². The Kier molecular flexibility index (Phi) is 3.81. The number of thioether (sulfide) groups is 1. The zero-order chi connectivity index (χ0) is 8.97. The lowest BCUT2D eigenvalue weighted by Crippen LogP contribution is -2.00. The van der Waals surface area contributed by atoms with Crippen LogP contribution in [-0.4, -0.2) is 31.3 Å². The summed E-state index contributed by atoms with van der Waals surface area (Å²) in [5, 5.41) is 12.4. The molecule has 1 unspecified atom stereocenters. The summed E-state index contributed by atoms with van der Waals surface area (Å²) in [6.07, 6.45) is 0.971. The number of hydrogen-bond donors (Lipinski definition) is 0. The van der Waals surface area contributed by atoms with E-state index in [2.05, 4.69) is 22.4 Å². The Morgan fingerprint density at radius 2 is 2.42 bits per heavy atom. The lowest BCUT2D eigenvalue weighted by molar-refractivity contribution is 0.663. The van der Waals surface area contributed by atoms with Crippen LogP contribution in [0.4, 0.5) is 0 Å². The zero-order valence-corrected chi connectivity index (χ0v) is 8.64. The number of nitrogens with zero attached hydrogens (tertiary/aromatic N) is 4. The van der Waals surface area contributed by atoms with Crippen molar-refractivity contribution in [2.45, 2.75) is 23.8 Å². The van der Waals surface area contributed by atoms with Crippen LogP contribution in [-0.2, 0) is 7.05 Å². The smallest absolute Gasteiger partial charge is 0.209 e. The summed E-state index contributed by atoms with van der Waals surface area (Å²) < 4.78 is 1.66. The van der Waals surface area contributed by atoms with Gasteiger partial charge in [0.25, 0.3) is 0 Å². The highest BCUT2D eigenvalue weighted by Crippen LogP contribution is 2.21. The molecule has 0 saturated carbocycles. The predicted molar refractivity (Wildman–Crippen MR) is 49.5 cm³/mol. The number of aryl methyl sites for hydroxylation is 1. The van der Waals surface area contributed by atoms with Crippen LogP contribution in [0.15, 0.2) is 5.16 Å². The first-order chi connectivity index (χ1) is 5.74. The number of hydrogen-bond acceptors (Lipinski definition) is 4. The topological polar surface area (TPSA) is 43.6 Å². The van der Waals surface area contributed by atoms with Gasteiger partial charge in [0.05, 0.1) is 0 Å². The average molecular weight is 207 g/mol. The van der Waals surface area contributed by atoms with Crippen molar-refractivity contribution >= 4 is 23.4 Å². The second kappa shape index (κ2) is 4.67. The molecular formula is C6H11ClN4S. The van der Waals surface area contributed by atoms with Crippen molar-refractivity contribution in [3.05, 3.63) is 0 Å². The molecule has 0 aromatic carbocycles. The largest absolute Gasteiger partial charge is 0.224 e. The summed E-state index contributed by atoms with van der Waals surface area (Å²) >= 11 is 7.25. The van der Waals surface area contributed by atoms with E-state index < -0.39 is 0 Å². The molecular weight excluding hydrogens is 196 g/mol. The van der Waals surface area contributed by atoms with Gasteiger partial charge >= 0.3 is 0 Å². The summed E-state index contributed by atoms with van der Waals surface area (Å²) in [6.45, 7) is 2.11. The van der Waals surface area contributed by atoms with Crippen LogP contribution < -0.4 is 0 Å². The molecule has 68 valence electrons. The number of aromatic nitrogens is 4. The quantitative estimate of drug-likeness (QED) is 0.551. The maximum atomic E-state index is 5.60. The summed E-state index contributed by atoms with van der Waals surface area (Å²) in [7, 11) is 1.83. The Hall–Kier alpha value is -0.290. The first-order valence-electron chi connectivity index (χ1n) is 3.69. The minimum absolute atomic E-state index is 0.465. The molecule has 1 aromatic rings. The zero-order valence-electron chi connectivity index (χ0n) is 7.07. The van der Waals surface area contributed by atoms with Gasteiger partial charge in [-0.3, -0.25) is 0 Å². The lowest BCUT2D eigenvalue weighted by atomic mass is 10.4. The van der Waals surface area contributed by atoms with Crippen LogP contribution in [0, 0.1) is 0 Å². The molecule has 0 aliphatic heterocycles. The highest BCUT2D eigenvalue weighted by atomic mass is 35.5. The summed E-state index contributed by atoms with van der Waals surface area (Å²) in [6, 6.07) is 0. The van der Waals surface area contributed by atoms with Crippen LogP contribution in [0.5, 0.6) is 0 Å². The van der Waals surface area contributed by atoms with Crippen molar-refractivity contribution in [3.63, 3.8) is 0 Å². The third-order valence-corrected chi connectivity index (χ3v) is 2.82. The van der Waals surface area contributed by atoms with E-state index in [-0.39, 0.29) is 0 Å². The van der Waals surface area contributed by atoms with Crippen molar-refractivity contribution < 1.29 is 0 Å². The highest BCUT2D eigenvalue weighted by molar-refractivity contribution is 7.99. The molecule has 0 saturated heterocycles. The molecule has 1 rings (SSSR count). The minimum Gasteiger partial charge on any atom is -0.224 e. The van der Waals surface area contributed by atoms with Gasteiger partial charge in [-0.2, -0.15) is 0 Å². The van der Waals surface area contributed by atoms with E-state index in [1.807, 2.05) is 7.05 Å². The van der Waals surface area contributed by atoms with Crippen LogP contribution in [0.3, 0.4) is 0 Å². The maximum Gasteiger partial charge on any atom is 0.209 e. The van der Waals surface area contributed by atoms with Gasteiger partial charge in [-0.25, -0.2) is 4.68 Å². The molecule has 1 aromatic heterocycles. The third-order valence-electron chi connectivity index (χ3n) is 1.40. The Bertz CT molecular complexity index is 239. The van der Waals surface area contributed by atoms with Gasteiger partial charge in [0.2, 0.25) is 5.16 Å². The molecule has 0 spiro atoms. The van der Waals surface area contributed by atoms with Crippen LogP contribution in [0.1, 0.15) is 13.3 Å². The molecule has 0 aliphatic rings. The highest BCUT2D eigenvalue weighted by Gasteiger charge is 2.08. The molecule has 0 N–H and O–H groups in total. The molecule has 0 aliphatic carbocycles. The maximum absolute atomic E-state index is 5.60. The molecule has 1 heterocycles. The molecule has 0 bridgehead atoms. The Morgan fingerprint density at radius 1 is 1.67 bits per heavy atom. The second-order valence-electron chi connectivity index (χ2n) is 2.49. The van der Waals surface area contributed by atoms with Crippen molar-refractivity contribution in [1.29, 1.82) is 0 Å². The fourth-order valence-corrected chi connectivity index (χ4v) is 2.04. The van der Waals surface area contributed by atoms with Crippen LogP contribution in [0.2, 0.25) is 0 Å². The van der Waals surface area contributed by atoms with Gasteiger partial charge in [0, 0.05) is 18.2 Å². The van der Waals surface area contributed by atoms with Gasteiger partial charge in [0.15, 0.2) is 0 Å². The van der Waals surface area contributed by atoms with Crippen molar-refractivity contribution in [3.8, 4) is 0 Å². The van der Waals surface area contributed by atoms with E-state index in [0.717, 1.165) is 11.6 Å². The number of halogens is 1. The molecule has 1 atom stereocenters. The Balaban J connectivity index is 2.46. The molecule has 6 heteroatoms. The average Bonchev–Trinajstić information content (AvgIpc) is 2.37. The standard InChI is InChI=1S/C6H11ClN4S/c1-5(3-4-7)12-6-8-9-10-11(6)2/h5H,3-4H2,1-2H3. The van der Waals surface area contributed by atoms with E-state index in [1.54, 1.807) is 16.4 Å². The Labute approximate surface area is 80.7 Å². The molecule has 0 amide bonds. The second-order valence-corrected chi connectivity index (χ2v) is 4.27. The monoisotopic (exact) mass is 206 g/mol. The van der Waals surface area contributed by atoms with Gasteiger partial charge < -0.3 is 0 Å². The first-order valence-corrected chi connectivity index (χ1v) is 5.10. The van der Waals surface area contributed by atoms with Crippen LogP contribution >= 0.6 is 23.4 Å². The molecule has 12 heavy (non-hydrogen) atoms. The first kappa shape index (κ1) is 9.80. The number of tetrazole rings is 1. The third kappa shape index (κ3) is 2.64. The van der Waals surface area contributed by atoms with E-state index in [9.17, 15) is 0 Å². The van der Waals surface area contributed by atoms with Crippen molar-refractivity contribution in [1.82, 2.24) is 20.2 Å². The summed E-state index contributed by atoms with van der Waals surface area (Å²) in [5.74, 6) is 0.680. The fourth-order valence-electron chi connectivity index (χ4n) is 0.714. The van der Waals surface area contributed by atoms with Crippen molar-refractivity contribution in [2.24, 2.45) is 7.05 Å². The van der Waals surface area contributed by atoms with Crippen molar-refractivity contribution in [2.75, 3.05) is 5.88 Å². The summed E-state index contributed by atoms with van der Waals surface area (Å²) in [5.41, 5.74) is 0. The fraction of sp³-hybridized carbons (Fsp3) is 0.833. The van der Waals surface area contributed by atoms with E-state index >= 15 is 0 Å². The number of rotatable bonds is 4. The van der Waals surface area contributed by atoms with E-state index in [0.29, 0.717) is 11.1 Å². The molecule has 0 fully saturated rings. The lowest BCUT2D eigenvalue weighted by Gasteiger charge is -2.05. The molecule has 4 nitrogen and oxygen atoms in total. The van der Waals surface area contributed by atoms with Gasteiger partial charge in [0.1, 0.15) is 0 Å². The summed E-state index contributed by atoms with van der Waals surface area (Å²) in [4.78, 5) is 0. The number of alkyl halides is 1.